The summed E-state index contributed by atoms with van der Waals surface area (Å²) in [6.45, 7) is 0.960. The van der Waals surface area contributed by atoms with Crippen molar-refractivity contribution < 1.29 is 24.5 Å². The number of aromatic nitrogens is 1. The summed E-state index contributed by atoms with van der Waals surface area (Å²) in [6, 6.07) is 24.1. The number of carboxylic acid groups (broad SMARTS) is 2. The van der Waals surface area contributed by atoms with Gasteiger partial charge in [-0.05, 0) is 59.7 Å². The molecule has 6 heteroatoms. The molecule has 0 aliphatic heterocycles. The molecule has 0 saturated carbocycles. The standard InChI is InChI=1S/C31H31NO5/c33-29(34)18-19-32-22-26(21-30(35)36)31-25(10-6-11-28(31)32)15-12-24-13-16-27(17-14-24)37-20-5-4-9-23-7-2-1-3-8-23/h1-3,6-8,10-17,22H,4-5,9,18-21H2,(H,33,34)(H,35,36)/b15-12+. The second-order valence-corrected chi connectivity index (χ2v) is 9.00. The van der Waals surface area contributed by atoms with Crippen LogP contribution in [0, 0.1) is 0 Å². The van der Waals surface area contributed by atoms with Gasteiger partial charge in [-0.25, -0.2) is 0 Å². The summed E-state index contributed by atoms with van der Waals surface area (Å²) in [5, 5.41) is 19.3. The Morgan fingerprint density at radius 1 is 0.838 bits per heavy atom. The van der Waals surface area contributed by atoms with Gasteiger partial charge < -0.3 is 19.5 Å². The number of nitrogens with zero attached hydrogens (tertiary/aromatic N) is 1. The van der Waals surface area contributed by atoms with Gasteiger partial charge in [-0.2, -0.15) is 0 Å². The maximum Gasteiger partial charge on any atom is 0.307 e. The number of aliphatic carboxylic acids is 2. The van der Waals surface area contributed by atoms with Crippen molar-refractivity contribution in [2.75, 3.05) is 6.61 Å². The Balaban J connectivity index is 1.40. The van der Waals surface area contributed by atoms with E-state index in [2.05, 4.69) is 24.3 Å². The fourth-order valence-corrected chi connectivity index (χ4v) is 4.43. The van der Waals surface area contributed by atoms with Crippen LogP contribution in [0.3, 0.4) is 0 Å². The number of carboxylic acids is 2. The van der Waals surface area contributed by atoms with E-state index in [0.29, 0.717) is 12.2 Å². The molecule has 1 heterocycles. The highest BCUT2D eigenvalue weighted by atomic mass is 16.5. The average Bonchev–Trinajstić information content (AvgIpc) is 3.24. The Morgan fingerprint density at radius 3 is 2.35 bits per heavy atom. The minimum Gasteiger partial charge on any atom is -0.494 e. The first kappa shape index (κ1) is 25.8. The topological polar surface area (TPSA) is 88.8 Å². The van der Waals surface area contributed by atoms with Crippen LogP contribution in [-0.4, -0.2) is 33.3 Å². The summed E-state index contributed by atoms with van der Waals surface area (Å²) in [5.41, 5.74) is 4.74. The second kappa shape index (κ2) is 12.6. The fourth-order valence-electron chi connectivity index (χ4n) is 4.43. The molecule has 37 heavy (non-hydrogen) atoms. The molecule has 0 spiro atoms. The minimum atomic E-state index is -0.924. The third-order valence-corrected chi connectivity index (χ3v) is 6.23. The fraction of sp³-hybridized carbons (Fsp3) is 0.226. The van der Waals surface area contributed by atoms with E-state index >= 15 is 0 Å². The van der Waals surface area contributed by atoms with Crippen LogP contribution in [0.15, 0.2) is 79.0 Å². The van der Waals surface area contributed by atoms with Gasteiger partial charge in [0, 0.05) is 23.6 Å². The maximum absolute atomic E-state index is 11.5. The molecule has 4 aromatic rings. The normalized spacial score (nSPS) is 11.2. The van der Waals surface area contributed by atoms with Gasteiger partial charge in [0.2, 0.25) is 0 Å². The highest BCUT2D eigenvalue weighted by molar-refractivity contribution is 5.96. The second-order valence-electron chi connectivity index (χ2n) is 9.00. The van der Waals surface area contributed by atoms with E-state index in [4.69, 9.17) is 9.84 Å². The number of carbonyl (C=O) groups is 2. The van der Waals surface area contributed by atoms with Gasteiger partial charge in [-0.3, -0.25) is 9.59 Å². The summed E-state index contributed by atoms with van der Waals surface area (Å²) in [4.78, 5) is 22.5. The molecule has 0 aliphatic rings. The Morgan fingerprint density at radius 2 is 1.62 bits per heavy atom. The predicted molar refractivity (Wildman–Crippen MR) is 146 cm³/mol. The Bertz CT molecular complexity index is 1370. The molecule has 2 N–H and O–H groups in total. The number of hydrogen-bond donors (Lipinski definition) is 2. The van der Waals surface area contributed by atoms with Crippen LogP contribution in [-0.2, 0) is 29.0 Å². The lowest BCUT2D eigenvalue weighted by atomic mass is 10.0. The minimum absolute atomic E-state index is 0.0300. The Kier molecular flexibility index (Phi) is 8.76. The number of hydrogen-bond acceptors (Lipinski definition) is 3. The van der Waals surface area contributed by atoms with Gasteiger partial charge in [0.15, 0.2) is 0 Å². The molecule has 0 aliphatic carbocycles. The third-order valence-electron chi connectivity index (χ3n) is 6.23. The lowest BCUT2D eigenvalue weighted by Crippen LogP contribution is -2.03. The largest absolute Gasteiger partial charge is 0.494 e. The molecule has 190 valence electrons. The van der Waals surface area contributed by atoms with Crippen molar-refractivity contribution in [2.24, 2.45) is 0 Å². The molecule has 0 amide bonds. The van der Waals surface area contributed by atoms with Gasteiger partial charge in [0.1, 0.15) is 5.75 Å². The Labute approximate surface area is 216 Å². The summed E-state index contributed by atoms with van der Waals surface area (Å²) in [7, 11) is 0. The molecule has 6 nitrogen and oxygen atoms in total. The van der Waals surface area contributed by atoms with Crippen LogP contribution in [0.2, 0.25) is 0 Å². The summed E-state index contributed by atoms with van der Waals surface area (Å²) in [6.07, 6.45) is 8.68. The van der Waals surface area contributed by atoms with Crippen molar-refractivity contribution in [1.82, 2.24) is 4.57 Å². The van der Waals surface area contributed by atoms with Crippen LogP contribution in [0.25, 0.3) is 23.1 Å². The lowest BCUT2D eigenvalue weighted by Gasteiger charge is -2.07. The molecule has 0 fully saturated rings. The smallest absolute Gasteiger partial charge is 0.307 e. The molecule has 4 rings (SSSR count). The van der Waals surface area contributed by atoms with Crippen molar-refractivity contribution >= 4 is 35.0 Å². The van der Waals surface area contributed by atoms with Crippen molar-refractivity contribution in [3.8, 4) is 5.75 Å². The molecule has 0 atom stereocenters. The monoisotopic (exact) mass is 497 g/mol. The SMILES string of the molecule is O=C(O)CCn1cc(CC(=O)O)c2c(/C=C/c3ccc(OCCCCc4ccccc4)cc3)cccc21. The van der Waals surface area contributed by atoms with Crippen molar-refractivity contribution in [3.63, 3.8) is 0 Å². The summed E-state index contributed by atoms with van der Waals surface area (Å²) in [5.74, 6) is -0.984. The van der Waals surface area contributed by atoms with E-state index < -0.39 is 11.9 Å². The van der Waals surface area contributed by atoms with E-state index in [1.807, 2.05) is 65.3 Å². The average molecular weight is 498 g/mol. The molecular weight excluding hydrogens is 466 g/mol. The number of ether oxygens (including phenoxy) is 1. The van der Waals surface area contributed by atoms with E-state index in [1.165, 1.54) is 5.56 Å². The quantitative estimate of drug-likeness (QED) is 0.167. The lowest BCUT2D eigenvalue weighted by molar-refractivity contribution is -0.137. The van der Waals surface area contributed by atoms with Crippen molar-refractivity contribution in [2.45, 2.75) is 38.6 Å². The van der Waals surface area contributed by atoms with Gasteiger partial charge >= 0.3 is 11.9 Å². The number of rotatable bonds is 13. The van der Waals surface area contributed by atoms with Gasteiger partial charge in [-0.15, -0.1) is 0 Å². The summed E-state index contributed by atoms with van der Waals surface area (Å²) >= 11 is 0. The first-order valence-corrected chi connectivity index (χ1v) is 12.5. The van der Waals surface area contributed by atoms with E-state index in [-0.39, 0.29) is 19.4 Å². The molecule has 0 radical (unpaired) electrons. The maximum atomic E-state index is 11.5. The first-order chi connectivity index (χ1) is 18.0. The molecule has 0 saturated heterocycles. The zero-order chi connectivity index (χ0) is 26.0. The van der Waals surface area contributed by atoms with Crippen LogP contribution in [0.1, 0.15) is 41.5 Å². The number of benzene rings is 3. The zero-order valence-corrected chi connectivity index (χ0v) is 20.7. The van der Waals surface area contributed by atoms with Gasteiger partial charge in [-0.1, -0.05) is 66.7 Å². The molecule has 3 aromatic carbocycles. The number of aryl methyl sites for hydroxylation is 2. The van der Waals surface area contributed by atoms with Gasteiger partial charge in [0.05, 0.1) is 19.4 Å². The molecule has 1 aromatic heterocycles. The highest BCUT2D eigenvalue weighted by Crippen LogP contribution is 2.28. The van der Waals surface area contributed by atoms with Crippen LogP contribution in [0.5, 0.6) is 5.75 Å². The Hall–Kier alpha value is -4.32. The number of fused-ring (bicyclic) bond motifs is 1. The highest BCUT2D eigenvalue weighted by Gasteiger charge is 2.14. The zero-order valence-electron chi connectivity index (χ0n) is 20.7. The van der Waals surface area contributed by atoms with Crippen LogP contribution < -0.4 is 4.74 Å². The van der Waals surface area contributed by atoms with Gasteiger partial charge in [0.25, 0.3) is 0 Å². The van der Waals surface area contributed by atoms with Crippen molar-refractivity contribution in [3.05, 3.63) is 101 Å². The van der Waals surface area contributed by atoms with E-state index in [1.54, 1.807) is 6.20 Å². The van der Waals surface area contributed by atoms with Crippen LogP contribution in [0.4, 0.5) is 0 Å². The predicted octanol–water partition coefficient (Wildman–Crippen LogP) is 6.32. The van der Waals surface area contributed by atoms with Crippen LogP contribution >= 0.6 is 0 Å². The molecule has 0 unspecified atom stereocenters. The van der Waals surface area contributed by atoms with E-state index in [9.17, 15) is 14.7 Å². The summed E-state index contributed by atoms with van der Waals surface area (Å²) < 4.78 is 7.71. The molecular formula is C31H31NO5. The van der Waals surface area contributed by atoms with Crippen molar-refractivity contribution in [1.29, 1.82) is 0 Å². The molecule has 0 bridgehead atoms. The van der Waals surface area contributed by atoms with E-state index in [0.717, 1.165) is 47.0 Å². The first-order valence-electron chi connectivity index (χ1n) is 12.5. The third kappa shape index (κ3) is 7.34. The number of unbranched alkanes of at least 4 members (excludes halogenated alkanes) is 1.